The number of nitrogens with zero attached hydrogens (tertiary/aromatic N) is 1. The summed E-state index contributed by atoms with van der Waals surface area (Å²) in [4.78, 5) is 15.4. The number of hydrogen-bond donors (Lipinski definition) is 0. The molecule has 0 aliphatic rings. The molecule has 1 heterocycles. The molecule has 6 heteroatoms. The van der Waals surface area contributed by atoms with E-state index in [-0.39, 0.29) is 5.97 Å². The standard InChI is InChI=1S/C19H21NO4S/c1-15-17(20-19(24-15)16-8-4-3-5-9-16)10-12-23-11-6-7-13-25-14-18(21)22-2/h3-5,8-9H,10-14H2,1-2H3. The molecule has 1 aromatic carbocycles. The first kappa shape index (κ1) is 19.1. The number of aromatic nitrogens is 1. The smallest absolute Gasteiger partial charge is 0.315 e. The van der Waals surface area contributed by atoms with Crippen LogP contribution in [0.3, 0.4) is 0 Å². The molecule has 0 fully saturated rings. The lowest BCUT2D eigenvalue weighted by molar-refractivity contribution is -0.137. The van der Waals surface area contributed by atoms with Crippen LogP contribution in [0.5, 0.6) is 0 Å². The second-order valence-electron chi connectivity index (χ2n) is 5.11. The van der Waals surface area contributed by atoms with Crippen molar-refractivity contribution in [3.05, 3.63) is 41.8 Å². The number of carbonyl (C=O) groups is 1. The lowest BCUT2D eigenvalue weighted by Gasteiger charge is -1.98. The van der Waals surface area contributed by atoms with Gasteiger partial charge in [-0.3, -0.25) is 4.79 Å². The zero-order valence-electron chi connectivity index (χ0n) is 14.4. The van der Waals surface area contributed by atoms with Gasteiger partial charge in [-0.1, -0.05) is 30.0 Å². The van der Waals surface area contributed by atoms with Crippen LogP contribution < -0.4 is 0 Å². The summed E-state index contributed by atoms with van der Waals surface area (Å²) in [6.45, 7) is 2.81. The molecule has 0 bridgehead atoms. The Bertz CT molecular complexity index is 731. The number of methoxy groups -OCH3 is 1. The first-order chi connectivity index (χ1) is 12.2. The molecule has 0 aliphatic carbocycles. The fraction of sp³-hybridized carbons (Fsp3) is 0.368. The Morgan fingerprint density at radius 1 is 1.28 bits per heavy atom. The van der Waals surface area contributed by atoms with Crippen LogP contribution in [0.1, 0.15) is 11.5 Å². The van der Waals surface area contributed by atoms with Gasteiger partial charge in [0.05, 0.1) is 30.9 Å². The number of aryl methyl sites for hydroxylation is 1. The quantitative estimate of drug-likeness (QED) is 0.410. The zero-order chi connectivity index (χ0) is 17.9. The number of rotatable bonds is 8. The van der Waals surface area contributed by atoms with Crippen molar-refractivity contribution in [1.29, 1.82) is 0 Å². The van der Waals surface area contributed by atoms with Crippen molar-refractivity contribution in [1.82, 2.24) is 4.98 Å². The molecular formula is C19H21NO4S. The van der Waals surface area contributed by atoms with Gasteiger partial charge < -0.3 is 13.9 Å². The summed E-state index contributed by atoms with van der Waals surface area (Å²) in [7, 11) is 1.38. The van der Waals surface area contributed by atoms with Crippen LogP contribution in [0.25, 0.3) is 11.5 Å². The Labute approximate surface area is 152 Å². The van der Waals surface area contributed by atoms with Crippen LogP contribution in [0.4, 0.5) is 0 Å². The van der Waals surface area contributed by atoms with E-state index in [1.165, 1.54) is 18.9 Å². The molecule has 0 spiro atoms. The van der Waals surface area contributed by atoms with Gasteiger partial charge in [0, 0.05) is 12.0 Å². The van der Waals surface area contributed by atoms with Crippen molar-refractivity contribution in [3.63, 3.8) is 0 Å². The van der Waals surface area contributed by atoms with E-state index < -0.39 is 0 Å². The average molecular weight is 359 g/mol. The molecule has 2 aromatic rings. The summed E-state index contributed by atoms with van der Waals surface area (Å²) in [6.07, 6.45) is 0.681. The maximum absolute atomic E-state index is 10.9. The van der Waals surface area contributed by atoms with Crippen LogP contribution in [-0.2, 0) is 20.7 Å². The molecule has 132 valence electrons. The molecule has 0 radical (unpaired) electrons. The number of oxazole rings is 1. The first-order valence-corrected chi connectivity index (χ1v) is 9.06. The highest BCUT2D eigenvalue weighted by Crippen LogP contribution is 2.21. The van der Waals surface area contributed by atoms with Gasteiger partial charge in [-0.05, 0) is 19.1 Å². The van der Waals surface area contributed by atoms with E-state index in [4.69, 9.17) is 9.15 Å². The maximum Gasteiger partial charge on any atom is 0.315 e. The maximum atomic E-state index is 10.9. The molecule has 0 aliphatic heterocycles. The molecule has 0 saturated carbocycles. The minimum absolute atomic E-state index is 0.235. The van der Waals surface area contributed by atoms with E-state index in [2.05, 4.69) is 21.6 Å². The van der Waals surface area contributed by atoms with Gasteiger partial charge in [-0.15, -0.1) is 11.8 Å². The molecule has 0 N–H and O–H groups in total. The highest BCUT2D eigenvalue weighted by Gasteiger charge is 2.10. The van der Waals surface area contributed by atoms with E-state index in [0.29, 0.717) is 37.0 Å². The van der Waals surface area contributed by atoms with Crippen molar-refractivity contribution >= 4 is 17.7 Å². The Morgan fingerprint density at radius 2 is 2.08 bits per heavy atom. The highest BCUT2D eigenvalue weighted by molar-refractivity contribution is 8.00. The molecule has 0 unspecified atom stereocenters. The number of esters is 1. The Morgan fingerprint density at radius 3 is 2.84 bits per heavy atom. The SMILES string of the molecule is COC(=O)CSCC#CCOCCc1nc(-c2ccccc2)oc1C. The number of thioether (sulfide) groups is 1. The van der Waals surface area contributed by atoms with Crippen LogP contribution in [0.15, 0.2) is 34.7 Å². The third-order valence-electron chi connectivity index (χ3n) is 3.32. The van der Waals surface area contributed by atoms with Crippen LogP contribution in [-0.4, -0.2) is 42.8 Å². The average Bonchev–Trinajstić information content (AvgIpc) is 3.01. The summed E-state index contributed by atoms with van der Waals surface area (Å²) in [5.74, 6) is 7.98. The van der Waals surface area contributed by atoms with Crippen molar-refractivity contribution in [2.75, 3.05) is 31.8 Å². The van der Waals surface area contributed by atoms with Gasteiger partial charge in [-0.25, -0.2) is 4.98 Å². The third kappa shape index (κ3) is 6.65. The normalized spacial score (nSPS) is 10.2. The monoisotopic (exact) mass is 359 g/mol. The van der Waals surface area contributed by atoms with Gasteiger partial charge in [0.15, 0.2) is 0 Å². The van der Waals surface area contributed by atoms with Gasteiger partial charge in [0.25, 0.3) is 0 Å². The largest absolute Gasteiger partial charge is 0.468 e. The first-order valence-electron chi connectivity index (χ1n) is 7.90. The van der Waals surface area contributed by atoms with E-state index in [0.717, 1.165) is 17.0 Å². The Hall–Kier alpha value is -2.23. The molecule has 2 rings (SSSR count). The van der Waals surface area contributed by atoms with E-state index in [1.807, 2.05) is 37.3 Å². The summed E-state index contributed by atoms with van der Waals surface area (Å²) in [6, 6.07) is 9.82. The predicted molar refractivity (Wildman–Crippen MR) is 98.3 cm³/mol. The molecule has 0 amide bonds. The van der Waals surface area contributed by atoms with E-state index in [1.54, 1.807) is 0 Å². The number of ether oxygens (including phenoxy) is 2. The van der Waals surface area contributed by atoms with Gasteiger partial charge >= 0.3 is 5.97 Å². The summed E-state index contributed by atoms with van der Waals surface area (Å²) < 4.78 is 15.8. The number of hydrogen-bond acceptors (Lipinski definition) is 6. The zero-order valence-corrected chi connectivity index (χ0v) is 15.2. The van der Waals surface area contributed by atoms with Crippen molar-refractivity contribution in [3.8, 4) is 23.3 Å². The highest BCUT2D eigenvalue weighted by atomic mass is 32.2. The number of benzene rings is 1. The van der Waals surface area contributed by atoms with Crippen LogP contribution >= 0.6 is 11.8 Å². The lowest BCUT2D eigenvalue weighted by Crippen LogP contribution is -2.03. The second-order valence-corrected chi connectivity index (χ2v) is 6.10. The second kappa shape index (κ2) is 10.6. The minimum Gasteiger partial charge on any atom is -0.468 e. The lowest BCUT2D eigenvalue weighted by atomic mass is 10.2. The number of carbonyl (C=O) groups excluding carboxylic acids is 1. The summed E-state index contributed by atoms with van der Waals surface area (Å²) >= 11 is 1.42. The Balaban J connectivity index is 1.67. The topological polar surface area (TPSA) is 61.6 Å². The van der Waals surface area contributed by atoms with Crippen molar-refractivity contribution in [2.45, 2.75) is 13.3 Å². The third-order valence-corrected chi connectivity index (χ3v) is 4.11. The molecule has 5 nitrogen and oxygen atoms in total. The molecule has 25 heavy (non-hydrogen) atoms. The minimum atomic E-state index is -0.235. The van der Waals surface area contributed by atoms with Gasteiger partial charge in [0.1, 0.15) is 12.4 Å². The van der Waals surface area contributed by atoms with Gasteiger partial charge in [-0.2, -0.15) is 0 Å². The summed E-state index contributed by atoms with van der Waals surface area (Å²) in [5.41, 5.74) is 1.87. The van der Waals surface area contributed by atoms with Crippen LogP contribution in [0.2, 0.25) is 0 Å². The molecule has 1 aromatic heterocycles. The predicted octanol–water partition coefficient (Wildman–Crippen LogP) is 3.12. The Kier molecular flexibility index (Phi) is 8.10. The van der Waals surface area contributed by atoms with E-state index in [9.17, 15) is 4.79 Å². The van der Waals surface area contributed by atoms with E-state index >= 15 is 0 Å². The van der Waals surface area contributed by atoms with Gasteiger partial charge in [0.2, 0.25) is 5.89 Å². The fourth-order valence-electron chi connectivity index (χ4n) is 2.00. The molecular weight excluding hydrogens is 338 g/mol. The van der Waals surface area contributed by atoms with Crippen molar-refractivity contribution < 1.29 is 18.7 Å². The molecule has 0 atom stereocenters. The van der Waals surface area contributed by atoms with Crippen molar-refractivity contribution in [2.24, 2.45) is 0 Å². The molecule has 0 saturated heterocycles. The summed E-state index contributed by atoms with van der Waals surface area (Å²) in [5, 5.41) is 0. The fourth-order valence-corrected chi connectivity index (χ4v) is 2.59. The van der Waals surface area contributed by atoms with Crippen LogP contribution in [0, 0.1) is 18.8 Å².